The van der Waals surface area contributed by atoms with Gasteiger partial charge in [0, 0.05) is 0 Å². The first-order valence-electron chi connectivity index (χ1n) is 5.42. The molecule has 1 aromatic rings. The Bertz CT molecular complexity index is 520. The van der Waals surface area contributed by atoms with Crippen LogP contribution in [0, 0.1) is 17.6 Å². The van der Waals surface area contributed by atoms with Crippen LogP contribution < -0.4 is 5.32 Å². The lowest BCUT2D eigenvalue weighted by molar-refractivity contribution is -0.140. The summed E-state index contributed by atoms with van der Waals surface area (Å²) in [7, 11) is 0. The molecule has 0 aliphatic heterocycles. The number of carboxylic acids is 1. The van der Waals surface area contributed by atoms with Crippen molar-refractivity contribution in [3.05, 3.63) is 34.4 Å². The molecule has 0 aromatic heterocycles. The molecule has 0 saturated heterocycles. The minimum atomic E-state index is -1.23. The number of hydrogen-bond donors (Lipinski definition) is 2. The molecular formula is C12H12ClF2NO3. The van der Waals surface area contributed by atoms with Crippen molar-refractivity contribution in [3.8, 4) is 0 Å². The van der Waals surface area contributed by atoms with E-state index in [0.717, 1.165) is 0 Å². The van der Waals surface area contributed by atoms with Gasteiger partial charge in [0.2, 0.25) is 0 Å². The Morgan fingerprint density at radius 1 is 1.26 bits per heavy atom. The standard InChI is InChI=1S/C12H12ClF2NO3/c1-5(2)10(12(18)19)16-11(17)6-3-8(14)9(15)4-7(6)13/h3-5,10H,1-2H3,(H,16,17)(H,18,19). The Hall–Kier alpha value is -1.69. The summed E-state index contributed by atoms with van der Waals surface area (Å²) in [6.45, 7) is 3.21. The average molecular weight is 292 g/mol. The van der Waals surface area contributed by atoms with E-state index in [4.69, 9.17) is 16.7 Å². The van der Waals surface area contributed by atoms with E-state index in [0.29, 0.717) is 12.1 Å². The van der Waals surface area contributed by atoms with Crippen molar-refractivity contribution in [2.24, 2.45) is 5.92 Å². The summed E-state index contributed by atoms with van der Waals surface area (Å²) in [5, 5.41) is 10.8. The van der Waals surface area contributed by atoms with Crippen LogP contribution in [-0.4, -0.2) is 23.0 Å². The number of aliphatic carboxylic acids is 1. The predicted octanol–water partition coefficient (Wildman–Crippen LogP) is 2.46. The zero-order chi connectivity index (χ0) is 14.7. The predicted molar refractivity (Wildman–Crippen MR) is 65.1 cm³/mol. The largest absolute Gasteiger partial charge is 0.480 e. The molecular weight excluding hydrogens is 280 g/mol. The Balaban J connectivity index is 3.01. The zero-order valence-electron chi connectivity index (χ0n) is 10.2. The van der Waals surface area contributed by atoms with E-state index in [9.17, 15) is 18.4 Å². The number of carbonyl (C=O) groups excluding carboxylic acids is 1. The van der Waals surface area contributed by atoms with Crippen molar-refractivity contribution in [2.45, 2.75) is 19.9 Å². The topological polar surface area (TPSA) is 66.4 Å². The third-order valence-electron chi connectivity index (χ3n) is 2.47. The Morgan fingerprint density at radius 2 is 1.79 bits per heavy atom. The SMILES string of the molecule is CC(C)C(NC(=O)c1cc(F)c(F)cc1Cl)C(=O)O. The first-order valence-corrected chi connectivity index (χ1v) is 5.80. The van der Waals surface area contributed by atoms with Crippen LogP contribution in [-0.2, 0) is 4.79 Å². The normalized spacial score (nSPS) is 12.3. The van der Waals surface area contributed by atoms with E-state index >= 15 is 0 Å². The van der Waals surface area contributed by atoms with Gasteiger partial charge in [-0.25, -0.2) is 13.6 Å². The summed E-state index contributed by atoms with van der Waals surface area (Å²) in [6, 6.07) is 0.153. The van der Waals surface area contributed by atoms with Gasteiger partial charge >= 0.3 is 5.97 Å². The van der Waals surface area contributed by atoms with E-state index in [1.165, 1.54) is 0 Å². The fourth-order valence-electron chi connectivity index (χ4n) is 1.43. The van der Waals surface area contributed by atoms with Gasteiger partial charge in [0.25, 0.3) is 5.91 Å². The highest BCUT2D eigenvalue weighted by atomic mass is 35.5. The fraction of sp³-hybridized carbons (Fsp3) is 0.333. The lowest BCUT2D eigenvalue weighted by Crippen LogP contribution is -2.44. The first kappa shape index (κ1) is 15.4. The van der Waals surface area contributed by atoms with E-state index in [2.05, 4.69) is 5.32 Å². The Morgan fingerprint density at radius 3 is 2.26 bits per heavy atom. The number of amides is 1. The van der Waals surface area contributed by atoms with Crippen molar-refractivity contribution in [1.29, 1.82) is 0 Å². The van der Waals surface area contributed by atoms with Crippen molar-refractivity contribution in [2.75, 3.05) is 0 Å². The fourth-order valence-corrected chi connectivity index (χ4v) is 1.67. The van der Waals surface area contributed by atoms with Crippen LogP contribution in [0.3, 0.4) is 0 Å². The van der Waals surface area contributed by atoms with E-state index in [1.54, 1.807) is 13.8 Å². The summed E-state index contributed by atoms with van der Waals surface area (Å²) < 4.78 is 25.9. The molecule has 0 aliphatic rings. The molecule has 1 rings (SSSR count). The van der Waals surface area contributed by atoms with Gasteiger partial charge in [-0.1, -0.05) is 25.4 Å². The highest BCUT2D eigenvalue weighted by Crippen LogP contribution is 2.20. The number of nitrogens with one attached hydrogen (secondary N) is 1. The third-order valence-corrected chi connectivity index (χ3v) is 2.79. The lowest BCUT2D eigenvalue weighted by atomic mass is 10.0. The van der Waals surface area contributed by atoms with Gasteiger partial charge in [0.1, 0.15) is 6.04 Å². The lowest BCUT2D eigenvalue weighted by Gasteiger charge is -2.18. The zero-order valence-corrected chi connectivity index (χ0v) is 11.0. The van der Waals surface area contributed by atoms with Crippen molar-refractivity contribution in [1.82, 2.24) is 5.32 Å². The number of rotatable bonds is 4. The molecule has 0 bridgehead atoms. The third kappa shape index (κ3) is 3.64. The van der Waals surface area contributed by atoms with Crippen molar-refractivity contribution in [3.63, 3.8) is 0 Å². The second-order valence-corrected chi connectivity index (χ2v) is 4.69. The van der Waals surface area contributed by atoms with Gasteiger partial charge in [-0.05, 0) is 18.1 Å². The monoisotopic (exact) mass is 291 g/mol. The maximum atomic E-state index is 13.0. The van der Waals surface area contributed by atoms with E-state index in [1.807, 2.05) is 0 Å². The van der Waals surface area contributed by atoms with Crippen molar-refractivity contribution < 1.29 is 23.5 Å². The summed E-state index contributed by atoms with van der Waals surface area (Å²) in [5.74, 6) is -4.87. The van der Waals surface area contributed by atoms with Gasteiger partial charge in [0.05, 0.1) is 10.6 Å². The Labute approximate surface area is 113 Å². The second kappa shape index (κ2) is 5.97. The maximum absolute atomic E-state index is 13.0. The number of carboxylic acid groups (broad SMARTS) is 1. The highest BCUT2D eigenvalue weighted by molar-refractivity contribution is 6.33. The van der Waals surface area contributed by atoms with Crippen LogP contribution in [0.25, 0.3) is 0 Å². The first-order chi connectivity index (χ1) is 8.73. The minimum Gasteiger partial charge on any atom is -0.480 e. The summed E-state index contributed by atoms with van der Waals surface area (Å²) in [5.41, 5.74) is -0.313. The molecule has 2 N–H and O–H groups in total. The minimum absolute atomic E-state index is 0.288. The second-order valence-electron chi connectivity index (χ2n) is 4.28. The molecule has 4 nitrogen and oxygen atoms in total. The van der Waals surface area contributed by atoms with E-state index < -0.39 is 29.6 Å². The maximum Gasteiger partial charge on any atom is 0.326 e. The molecule has 1 aromatic carbocycles. The number of halogens is 3. The molecule has 0 saturated carbocycles. The molecule has 0 heterocycles. The smallest absolute Gasteiger partial charge is 0.326 e. The van der Waals surface area contributed by atoms with Gasteiger partial charge in [-0.2, -0.15) is 0 Å². The number of carbonyl (C=O) groups is 2. The molecule has 1 unspecified atom stereocenters. The molecule has 0 fully saturated rings. The van der Waals surface area contributed by atoms with Crippen LogP contribution in [0.4, 0.5) is 8.78 Å². The average Bonchev–Trinajstić information content (AvgIpc) is 2.29. The Kier molecular flexibility index (Phi) is 4.83. The van der Waals surface area contributed by atoms with E-state index in [-0.39, 0.29) is 16.5 Å². The molecule has 7 heteroatoms. The van der Waals surface area contributed by atoms with Crippen LogP contribution in [0.15, 0.2) is 12.1 Å². The van der Waals surface area contributed by atoms with Gasteiger partial charge in [-0.15, -0.1) is 0 Å². The summed E-state index contributed by atoms with van der Waals surface area (Å²) in [6.07, 6.45) is 0. The summed E-state index contributed by atoms with van der Waals surface area (Å²) >= 11 is 5.62. The molecule has 19 heavy (non-hydrogen) atoms. The van der Waals surface area contributed by atoms with Gasteiger partial charge < -0.3 is 10.4 Å². The quantitative estimate of drug-likeness (QED) is 0.838. The highest BCUT2D eigenvalue weighted by Gasteiger charge is 2.25. The molecule has 0 spiro atoms. The van der Waals surface area contributed by atoms with Gasteiger partial charge in [-0.3, -0.25) is 4.79 Å². The molecule has 104 valence electrons. The van der Waals surface area contributed by atoms with Crippen molar-refractivity contribution >= 4 is 23.5 Å². The molecule has 1 amide bonds. The summed E-state index contributed by atoms with van der Waals surface area (Å²) in [4.78, 5) is 22.7. The molecule has 0 aliphatic carbocycles. The molecule has 1 atom stereocenters. The molecule has 0 radical (unpaired) electrons. The van der Waals surface area contributed by atoms with Crippen LogP contribution in [0.5, 0.6) is 0 Å². The van der Waals surface area contributed by atoms with Gasteiger partial charge in [0.15, 0.2) is 11.6 Å². The number of benzene rings is 1. The number of hydrogen-bond acceptors (Lipinski definition) is 2. The van der Waals surface area contributed by atoms with Crippen LogP contribution in [0.2, 0.25) is 5.02 Å². The van der Waals surface area contributed by atoms with Crippen LogP contribution >= 0.6 is 11.6 Å². The van der Waals surface area contributed by atoms with Crippen LogP contribution in [0.1, 0.15) is 24.2 Å².